The maximum absolute atomic E-state index is 12.2. The summed E-state index contributed by atoms with van der Waals surface area (Å²) < 4.78 is 12.3. The van der Waals surface area contributed by atoms with Crippen molar-refractivity contribution in [2.24, 2.45) is 0 Å². The summed E-state index contributed by atoms with van der Waals surface area (Å²) >= 11 is 0. The Morgan fingerprint density at radius 3 is 2.00 bits per heavy atom. The van der Waals surface area contributed by atoms with Gasteiger partial charge in [0.2, 0.25) is 0 Å². The zero-order chi connectivity index (χ0) is 20.9. The lowest BCUT2D eigenvalue weighted by Gasteiger charge is -2.08. The first-order valence-electron chi connectivity index (χ1n) is 9.04. The van der Waals surface area contributed by atoms with E-state index in [1.807, 2.05) is 25.1 Å². The summed E-state index contributed by atoms with van der Waals surface area (Å²) in [5.41, 5.74) is 3.37. The number of aromatic carboxylic acids is 2. The molecule has 0 bridgehead atoms. The maximum atomic E-state index is 12.2. The van der Waals surface area contributed by atoms with Crippen molar-refractivity contribution in [1.29, 1.82) is 0 Å². The minimum atomic E-state index is -1.29. The van der Waals surface area contributed by atoms with Gasteiger partial charge in [-0.25, -0.2) is 9.59 Å². The molecule has 1 aromatic carbocycles. The summed E-state index contributed by atoms with van der Waals surface area (Å²) in [4.78, 5) is 24.2. The van der Waals surface area contributed by atoms with Crippen LogP contribution in [0.4, 0.5) is 0 Å². The highest BCUT2D eigenvalue weighted by atomic mass is 16.5. The maximum Gasteiger partial charge on any atom is 0.338 e. The number of hydrogen-bond donors (Lipinski definition) is 2. The average molecular weight is 393 g/mol. The third-order valence-electron chi connectivity index (χ3n) is 5.25. The molecule has 29 heavy (non-hydrogen) atoms. The number of nitrogens with zero attached hydrogens (tertiary/aromatic N) is 1. The molecule has 2 N–H and O–H groups in total. The summed E-state index contributed by atoms with van der Waals surface area (Å²) in [6, 6.07) is 10.7. The van der Waals surface area contributed by atoms with Crippen LogP contribution in [0.2, 0.25) is 0 Å². The fourth-order valence-electron chi connectivity index (χ4n) is 4.05. The highest BCUT2D eigenvalue weighted by molar-refractivity contribution is 6.17. The molecule has 148 valence electrons. The molecule has 0 aliphatic carbocycles. The van der Waals surface area contributed by atoms with Crippen LogP contribution >= 0.6 is 0 Å². The van der Waals surface area contributed by atoms with Crippen LogP contribution < -0.4 is 9.47 Å². The molecule has 0 spiro atoms. The molecule has 4 rings (SSSR count). The first-order chi connectivity index (χ1) is 13.9. The van der Waals surface area contributed by atoms with E-state index in [1.165, 1.54) is 7.11 Å². The van der Waals surface area contributed by atoms with E-state index in [0.29, 0.717) is 34.5 Å². The van der Waals surface area contributed by atoms with Crippen LogP contribution in [0.15, 0.2) is 36.4 Å². The van der Waals surface area contributed by atoms with Gasteiger partial charge in [0.1, 0.15) is 22.6 Å². The van der Waals surface area contributed by atoms with E-state index >= 15 is 0 Å². The molecule has 0 fully saturated rings. The van der Waals surface area contributed by atoms with Crippen molar-refractivity contribution in [1.82, 2.24) is 4.40 Å². The fraction of sp³-hybridized carbons (Fsp3) is 0.182. The predicted molar refractivity (Wildman–Crippen MR) is 108 cm³/mol. The minimum Gasteiger partial charge on any atom is -0.497 e. The van der Waals surface area contributed by atoms with Gasteiger partial charge in [-0.05, 0) is 29.7 Å². The number of carbonyl (C=O) groups is 2. The Balaban J connectivity index is 2.25. The molecule has 0 amide bonds. The Hall–Kier alpha value is -3.74. The smallest absolute Gasteiger partial charge is 0.338 e. The van der Waals surface area contributed by atoms with Gasteiger partial charge in [-0.3, -0.25) is 0 Å². The van der Waals surface area contributed by atoms with Gasteiger partial charge in [-0.1, -0.05) is 19.1 Å². The highest BCUT2D eigenvalue weighted by Crippen LogP contribution is 2.43. The minimum absolute atomic E-state index is 0.221. The van der Waals surface area contributed by atoms with Crippen molar-refractivity contribution in [2.75, 3.05) is 14.2 Å². The number of benzene rings is 1. The van der Waals surface area contributed by atoms with Crippen LogP contribution in [-0.4, -0.2) is 40.8 Å². The normalized spacial score (nSPS) is 11.3. The van der Waals surface area contributed by atoms with Crippen LogP contribution in [0.25, 0.3) is 27.7 Å². The molecule has 7 nitrogen and oxygen atoms in total. The van der Waals surface area contributed by atoms with E-state index in [2.05, 4.69) is 0 Å². The molecule has 0 unspecified atom stereocenters. The molecule has 0 aliphatic heterocycles. The third-order valence-corrected chi connectivity index (χ3v) is 5.25. The molecular weight excluding hydrogens is 374 g/mol. The topological polar surface area (TPSA) is 97.5 Å². The van der Waals surface area contributed by atoms with Gasteiger partial charge < -0.3 is 24.1 Å². The Bertz CT molecular complexity index is 1250. The van der Waals surface area contributed by atoms with Crippen LogP contribution in [0.1, 0.15) is 33.2 Å². The molecule has 0 aliphatic rings. The summed E-state index contributed by atoms with van der Waals surface area (Å²) in [6.07, 6.45) is 0.632. The van der Waals surface area contributed by atoms with Gasteiger partial charge in [0.25, 0.3) is 0 Å². The Morgan fingerprint density at radius 1 is 0.897 bits per heavy atom. The lowest BCUT2D eigenvalue weighted by Crippen LogP contribution is -2.06. The van der Waals surface area contributed by atoms with Crippen LogP contribution in [0.3, 0.4) is 0 Å². The van der Waals surface area contributed by atoms with E-state index < -0.39 is 11.9 Å². The van der Waals surface area contributed by atoms with Crippen LogP contribution in [0.5, 0.6) is 11.5 Å². The molecule has 0 saturated carbocycles. The molecular formula is C22H19NO6. The summed E-state index contributed by atoms with van der Waals surface area (Å²) in [5, 5.41) is 19.7. The van der Waals surface area contributed by atoms with E-state index in [0.717, 1.165) is 16.6 Å². The highest BCUT2D eigenvalue weighted by Gasteiger charge is 2.32. The van der Waals surface area contributed by atoms with Gasteiger partial charge in [0.15, 0.2) is 0 Å². The van der Waals surface area contributed by atoms with Crippen molar-refractivity contribution >= 4 is 28.5 Å². The summed E-state index contributed by atoms with van der Waals surface area (Å²) in [7, 11) is 3.07. The first kappa shape index (κ1) is 18.6. The summed E-state index contributed by atoms with van der Waals surface area (Å²) in [6.45, 7) is 1.98. The molecule has 0 radical (unpaired) electrons. The molecule has 3 heterocycles. The standard InChI is InChI=1S/C22H19NO6/c1-4-14-15-9-13(29-3)10-16-18(21(24)25)19(22(26)27)20(23(15)16)17(14)11-5-7-12(28-2)8-6-11/h5-10H,4H2,1-3H3,(H,24,25)(H,26,27). The number of rotatable bonds is 6. The third kappa shape index (κ3) is 2.58. The second kappa shape index (κ2) is 6.70. The van der Waals surface area contributed by atoms with Gasteiger partial charge in [0, 0.05) is 17.7 Å². The second-order valence-corrected chi connectivity index (χ2v) is 6.65. The first-order valence-corrected chi connectivity index (χ1v) is 9.04. The zero-order valence-electron chi connectivity index (χ0n) is 16.1. The molecule has 3 aromatic heterocycles. The quantitative estimate of drug-likeness (QED) is 0.510. The summed E-state index contributed by atoms with van der Waals surface area (Å²) in [5.74, 6) is -1.43. The molecule has 7 heteroatoms. The van der Waals surface area contributed by atoms with Gasteiger partial charge >= 0.3 is 11.9 Å². The monoisotopic (exact) mass is 393 g/mol. The van der Waals surface area contributed by atoms with Gasteiger partial charge in [0.05, 0.1) is 30.8 Å². The van der Waals surface area contributed by atoms with Crippen molar-refractivity contribution in [3.8, 4) is 22.6 Å². The van der Waals surface area contributed by atoms with Crippen molar-refractivity contribution in [3.05, 3.63) is 53.1 Å². The van der Waals surface area contributed by atoms with Crippen molar-refractivity contribution in [3.63, 3.8) is 0 Å². The lowest BCUT2D eigenvalue weighted by molar-refractivity contribution is 0.0655. The number of carboxylic acid groups (broad SMARTS) is 2. The number of ether oxygens (including phenoxy) is 2. The zero-order valence-corrected chi connectivity index (χ0v) is 16.1. The number of aryl methyl sites for hydroxylation is 1. The average Bonchev–Trinajstić information content (AvgIpc) is 3.23. The van der Waals surface area contributed by atoms with Crippen molar-refractivity contribution in [2.45, 2.75) is 13.3 Å². The van der Waals surface area contributed by atoms with E-state index in [4.69, 9.17) is 9.47 Å². The van der Waals surface area contributed by atoms with Crippen LogP contribution in [-0.2, 0) is 6.42 Å². The Kier molecular flexibility index (Phi) is 4.30. The SMILES string of the molecule is CCc1c(-c2ccc(OC)cc2)c2c(C(=O)O)c(C(=O)O)c3cc(OC)cc1n32. The Labute approximate surface area is 166 Å². The van der Waals surface area contributed by atoms with Gasteiger partial charge in [-0.2, -0.15) is 0 Å². The molecule has 0 atom stereocenters. The van der Waals surface area contributed by atoms with E-state index in [-0.39, 0.29) is 11.1 Å². The van der Waals surface area contributed by atoms with Crippen LogP contribution in [0, 0.1) is 0 Å². The number of aromatic nitrogens is 1. The fourth-order valence-corrected chi connectivity index (χ4v) is 4.05. The predicted octanol–water partition coefficient (Wildman–Crippen LogP) is 4.17. The number of carboxylic acids is 2. The van der Waals surface area contributed by atoms with Crippen molar-refractivity contribution < 1.29 is 29.3 Å². The van der Waals surface area contributed by atoms with E-state index in [9.17, 15) is 19.8 Å². The Morgan fingerprint density at radius 2 is 1.48 bits per heavy atom. The number of methoxy groups -OCH3 is 2. The lowest BCUT2D eigenvalue weighted by atomic mass is 9.96. The molecule has 4 aromatic rings. The number of pyridine rings is 1. The largest absolute Gasteiger partial charge is 0.497 e. The van der Waals surface area contributed by atoms with Gasteiger partial charge in [-0.15, -0.1) is 0 Å². The number of hydrogen-bond acceptors (Lipinski definition) is 4. The molecule has 0 saturated heterocycles. The second-order valence-electron chi connectivity index (χ2n) is 6.65. The van der Waals surface area contributed by atoms with E-state index in [1.54, 1.807) is 29.7 Å².